The molecule has 5 heteroatoms. The molecule has 2 saturated heterocycles. The van der Waals surface area contributed by atoms with Gasteiger partial charge >= 0.3 is 0 Å². The highest BCUT2D eigenvalue weighted by Gasteiger charge is 2.29. The van der Waals surface area contributed by atoms with Crippen molar-refractivity contribution in [3.05, 3.63) is 0 Å². The number of nitrogens with one attached hydrogen (secondary N) is 1. The maximum atomic E-state index is 12.0. The topological polar surface area (TPSA) is 67.6 Å². The number of carbonyl (C=O) groups is 1. The second-order valence-electron chi connectivity index (χ2n) is 6.27. The smallest absolute Gasteiger partial charge is 0.249 e. The Kier molecular flexibility index (Phi) is 6.26. The number of nitrogens with two attached hydrogens (primary N) is 1. The predicted octanol–water partition coefficient (Wildman–Crippen LogP) is 0.731. The standard InChI is InChI=1S/C15H29N3O2/c1-12(11-18-7-3-2-4-8-18)10-17-15(19)14-6-5-13(9-16)20-14/h12-14H,2-11,16H2,1H3,(H,17,19)/t12?,13-,14+/m1/s1. The van der Waals surface area contributed by atoms with Gasteiger partial charge in [-0.2, -0.15) is 0 Å². The van der Waals surface area contributed by atoms with Crippen molar-refractivity contribution in [2.45, 2.75) is 51.2 Å². The number of amides is 1. The van der Waals surface area contributed by atoms with E-state index in [0.717, 1.165) is 25.9 Å². The van der Waals surface area contributed by atoms with Gasteiger partial charge in [-0.15, -0.1) is 0 Å². The van der Waals surface area contributed by atoms with Gasteiger partial charge in [0.1, 0.15) is 6.10 Å². The fraction of sp³-hybridized carbons (Fsp3) is 0.933. The number of hydrogen-bond donors (Lipinski definition) is 2. The van der Waals surface area contributed by atoms with E-state index < -0.39 is 0 Å². The molecule has 1 amide bonds. The summed E-state index contributed by atoms with van der Waals surface area (Å²) >= 11 is 0. The summed E-state index contributed by atoms with van der Waals surface area (Å²) in [6, 6.07) is 0. The highest BCUT2D eigenvalue weighted by Crippen LogP contribution is 2.19. The van der Waals surface area contributed by atoms with E-state index in [1.54, 1.807) is 0 Å². The van der Waals surface area contributed by atoms with Gasteiger partial charge in [0.05, 0.1) is 6.10 Å². The fourth-order valence-corrected chi connectivity index (χ4v) is 3.11. The van der Waals surface area contributed by atoms with Crippen LogP contribution in [0.3, 0.4) is 0 Å². The lowest BCUT2D eigenvalue weighted by atomic mass is 10.1. The number of likely N-dealkylation sites (tertiary alicyclic amines) is 1. The zero-order valence-electron chi connectivity index (χ0n) is 12.6. The number of ether oxygens (including phenoxy) is 1. The van der Waals surface area contributed by atoms with Crippen molar-refractivity contribution >= 4 is 5.91 Å². The predicted molar refractivity (Wildman–Crippen MR) is 79.4 cm³/mol. The van der Waals surface area contributed by atoms with Crippen LogP contribution < -0.4 is 11.1 Å². The third-order valence-electron chi connectivity index (χ3n) is 4.31. The van der Waals surface area contributed by atoms with Crippen molar-refractivity contribution in [3.8, 4) is 0 Å². The van der Waals surface area contributed by atoms with E-state index in [9.17, 15) is 4.79 Å². The largest absolute Gasteiger partial charge is 0.364 e. The summed E-state index contributed by atoms with van der Waals surface area (Å²) < 4.78 is 5.61. The average molecular weight is 283 g/mol. The third kappa shape index (κ3) is 4.72. The summed E-state index contributed by atoms with van der Waals surface area (Å²) in [7, 11) is 0. The number of piperidine rings is 1. The van der Waals surface area contributed by atoms with Crippen LogP contribution in [0.4, 0.5) is 0 Å². The number of hydrogen-bond acceptors (Lipinski definition) is 4. The van der Waals surface area contributed by atoms with Crippen LogP contribution in [0.5, 0.6) is 0 Å². The van der Waals surface area contributed by atoms with Gasteiger partial charge in [-0.25, -0.2) is 0 Å². The Morgan fingerprint density at radius 2 is 2.10 bits per heavy atom. The molecule has 20 heavy (non-hydrogen) atoms. The van der Waals surface area contributed by atoms with E-state index in [1.807, 2.05) is 0 Å². The van der Waals surface area contributed by atoms with Gasteiger partial charge in [0.25, 0.3) is 0 Å². The maximum Gasteiger partial charge on any atom is 0.249 e. The summed E-state index contributed by atoms with van der Waals surface area (Å²) in [6.45, 7) is 6.95. The monoisotopic (exact) mass is 283 g/mol. The zero-order chi connectivity index (χ0) is 14.4. The minimum absolute atomic E-state index is 0.0337. The lowest BCUT2D eigenvalue weighted by Crippen LogP contribution is -2.41. The average Bonchev–Trinajstić information content (AvgIpc) is 2.95. The first-order valence-electron chi connectivity index (χ1n) is 8.04. The fourth-order valence-electron chi connectivity index (χ4n) is 3.11. The molecule has 0 aromatic heterocycles. The molecule has 0 saturated carbocycles. The number of rotatable bonds is 6. The molecule has 2 heterocycles. The molecule has 2 fully saturated rings. The van der Waals surface area contributed by atoms with E-state index in [0.29, 0.717) is 12.5 Å². The van der Waals surface area contributed by atoms with Crippen molar-refractivity contribution in [3.63, 3.8) is 0 Å². The Balaban J connectivity index is 1.62. The normalized spacial score (nSPS) is 29.3. The molecule has 2 rings (SSSR count). The van der Waals surface area contributed by atoms with Gasteiger partial charge in [-0.1, -0.05) is 13.3 Å². The van der Waals surface area contributed by atoms with Crippen LogP contribution in [0, 0.1) is 5.92 Å². The van der Waals surface area contributed by atoms with Crippen LogP contribution in [0.25, 0.3) is 0 Å². The molecule has 5 nitrogen and oxygen atoms in total. The van der Waals surface area contributed by atoms with Gasteiger partial charge in [0.15, 0.2) is 0 Å². The second-order valence-corrected chi connectivity index (χ2v) is 6.27. The van der Waals surface area contributed by atoms with Crippen LogP contribution in [0.1, 0.15) is 39.0 Å². The summed E-state index contributed by atoms with van der Waals surface area (Å²) in [6.07, 6.45) is 5.47. The van der Waals surface area contributed by atoms with E-state index >= 15 is 0 Å². The van der Waals surface area contributed by atoms with Gasteiger partial charge in [0.2, 0.25) is 5.91 Å². The molecule has 3 N–H and O–H groups in total. The van der Waals surface area contributed by atoms with Crippen molar-refractivity contribution in [1.29, 1.82) is 0 Å². The summed E-state index contributed by atoms with van der Waals surface area (Å²) in [5.74, 6) is 0.523. The highest BCUT2D eigenvalue weighted by atomic mass is 16.5. The van der Waals surface area contributed by atoms with Crippen LogP contribution in [0.15, 0.2) is 0 Å². The Labute approximate surface area is 122 Å². The van der Waals surface area contributed by atoms with Crippen LogP contribution in [-0.2, 0) is 9.53 Å². The van der Waals surface area contributed by atoms with Gasteiger partial charge in [-0.3, -0.25) is 4.79 Å². The van der Waals surface area contributed by atoms with E-state index in [1.165, 1.54) is 32.4 Å². The van der Waals surface area contributed by atoms with E-state index in [-0.39, 0.29) is 18.1 Å². The lowest BCUT2D eigenvalue weighted by molar-refractivity contribution is -0.132. The Hall–Kier alpha value is -0.650. The molecule has 3 atom stereocenters. The van der Waals surface area contributed by atoms with Crippen molar-refractivity contribution in [2.75, 3.05) is 32.7 Å². The van der Waals surface area contributed by atoms with Gasteiger partial charge in [-0.05, 0) is 44.7 Å². The maximum absolute atomic E-state index is 12.0. The lowest BCUT2D eigenvalue weighted by Gasteiger charge is -2.29. The first-order valence-corrected chi connectivity index (χ1v) is 8.04. The van der Waals surface area contributed by atoms with Crippen LogP contribution >= 0.6 is 0 Å². The van der Waals surface area contributed by atoms with Gasteiger partial charge < -0.3 is 20.7 Å². The Morgan fingerprint density at radius 3 is 2.75 bits per heavy atom. The molecular weight excluding hydrogens is 254 g/mol. The van der Waals surface area contributed by atoms with E-state index in [4.69, 9.17) is 10.5 Å². The first-order chi connectivity index (χ1) is 9.69. The quantitative estimate of drug-likeness (QED) is 0.754. The molecule has 0 radical (unpaired) electrons. The second kappa shape index (κ2) is 7.96. The Bertz CT molecular complexity index is 305. The Morgan fingerprint density at radius 1 is 1.35 bits per heavy atom. The molecule has 116 valence electrons. The van der Waals surface area contributed by atoms with Crippen molar-refractivity contribution < 1.29 is 9.53 Å². The van der Waals surface area contributed by atoms with Crippen LogP contribution in [0.2, 0.25) is 0 Å². The molecular formula is C15H29N3O2. The number of nitrogens with zero attached hydrogens (tertiary/aromatic N) is 1. The minimum Gasteiger partial charge on any atom is -0.364 e. The van der Waals surface area contributed by atoms with E-state index in [2.05, 4.69) is 17.1 Å². The summed E-state index contributed by atoms with van der Waals surface area (Å²) in [4.78, 5) is 14.5. The highest BCUT2D eigenvalue weighted by molar-refractivity contribution is 5.81. The molecule has 0 aliphatic carbocycles. The molecule has 1 unspecified atom stereocenters. The summed E-state index contributed by atoms with van der Waals surface area (Å²) in [5, 5.41) is 3.03. The first kappa shape index (κ1) is 15.7. The SMILES string of the molecule is CC(CNC(=O)[C@@H]1CC[C@H](CN)O1)CN1CCCCC1. The van der Waals surface area contributed by atoms with Crippen LogP contribution in [-0.4, -0.2) is 55.7 Å². The summed E-state index contributed by atoms with van der Waals surface area (Å²) in [5.41, 5.74) is 5.56. The molecule has 2 aliphatic heterocycles. The van der Waals surface area contributed by atoms with Crippen molar-refractivity contribution in [2.24, 2.45) is 11.7 Å². The molecule has 0 aromatic carbocycles. The third-order valence-corrected chi connectivity index (χ3v) is 4.31. The van der Waals surface area contributed by atoms with Crippen molar-refractivity contribution in [1.82, 2.24) is 10.2 Å². The minimum atomic E-state index is -0.286. The molecule has 0 spiro atoms. The zero-order valence-corrected chi connectivity index (χ0v) is 12.6. The molecule has 0 aromatic rings. The number of carbonyl (C=O) groups excluding carboxylic acids is 1. The van der Waals surface area contributed by atoms with Gasteiger partial charge in [0, 0.05) is 19.6 Å². The molecule has 2 aliphatic rings. The molecule has 0 bridgehead atoms.